The summed E-state index contributed by atoms with van der Waals surface area (Å²) in [6, 6.07) is -4.16. The minimum absolute atomic E-state index is 0.0320. The molecule has 0 aliphatic carbocycles. The molecule has 0 spiro atoms. The second-order valence-corrected chi connectivity index (χ2v) is 44.1. The second-order valence-electron chi connectivity index (χ2n) is 39.4. The molecule has 46 heteroatoms. The van der Waals surface area contributed by atoms with Crippen LogP contribution in [0.15, 0.2) is 46.5 Å². The third-order valence-corrected chi connectivity index (χ3v) is 32.5. The summed E-state index contributed by atoms with van der Waals surface area (Å²) < 4.78 is 0. The molecule has 3 fully saturated rings. The Hall–Kier alpha value is -10.4. The molecule has 3 saturated heterocycles. The lowest BCUT2D eigenvalue weighted by Crippen LogP contribution is -2.57. The van der Waals surface area contributed by atoms with Gasteiger partial charge in [0.25, 0.3) is 0 Å². The summed E-state index contributed by atoms with van der Waals surface area (Å²) in [5.41, 5.74) is -1.21. The monoisotopic (exact) mass is 2070 g/mol. The first kappa shape index (κ1) is 113. The number of hydrogen-bond donors (Lipinski definition) is 20. The highest BCUT2D eigenvalue weighted by Gasteiger charge is 2.49. The summed E-state index contributed by atoms with van der Waals surface area (Å²) >= 11 is 4.53. The molecule has 20 N–H and O–H groups in total. The van der Waals surface area contributed by atoms with E-state index in [0.29, 0.717) is 84.9 Å². The summed E-state index contributed by atoms with van der Waals surface area (Å²) in [5, 5.41) is 113. The first-order valence-corrected chi connectivity index (χ1v) is 52.6. The molecule has 12 amide bonds. The van der Waals surface area contributed by atoms with Crippen molar-refractivity contribution in [3.8, 4) is 0 Å². The van der Waals surface area contributed by atoms with E-state index in [2.05, 4.69) is 63.1 Å². The number of hydrogen-bond acceptors (Lipinski definition) is 32. The van der Waals surface area contributed by atoms with E-state index in [0.717, 1.165) is 33.3 Å². The summed E-state index contributed by atoms with van der Waals surface area (Å²) in [4.78, 5) is 292. The first-order valence-electron chi connectivity index (χ1n) is 48.5. The van der Waals surface area contributed by atoms with Gasteiger partial charge in [0.1, 0.15) is 69.9 Å². The maximum absolute atomic E-state index is 15.0. The number of rotatable bonds is 30. The number of nitrogens with zero attached hydrogens (tertiary/aromatic N) is 2. The fourth-order valence-corrected chi connectivity index (χ4v) is 23.9. The van der Waals surface area contributed by atoms with Gasteiger partial charge in [0.2, 0.25) is 70.9 Å². The number of carbonyl (C=O) groups is 20. The van der Waals surface area contributed by atoms with Gasteiger partial charge >= 0.3 is 0 Å². The van der Waals surface area contributed by atoms with Crippen molar-refractivity contribution in [3.05, 3.63) is 58.7 Å². The fourth-order valence-electron chi connectivity index (χ4n) is 18.6. The highest BCUT2D eigenvalue weighted by molar-refractivity contribution is 8.20. The van der Waals surface area contributed by atoms with Crippen LogP contribution in [0.2, 0.25) is 0 Å². The lowest BCUT2D eigenvalue weighted by molar-refractivity contribution is -0.143. The van der Waals surface area contributed by atoms with Crippen LogP contribution in [0, 0.1) is 23.7 Å². The van der Waals surface area contributed by atoms with Gasteiger partial charge in [-0.2, -0.15) is 0 Å². The Balaban J connectivity index is 0.672. The molecule has 143 heavy (non-hydrogen) atoms. The minimum atomic E-state index is -1.99. The molecule has 0 radical (unpaired) electrons. The number of nitrogens with one attached hydrogen (secondary N) is 12. The summed E-state index contributed by atoms with van der Waals surface area (Å²) in [6.07, 6.45) is -8.89. The van der Waals surface area contributed by atoms with Crippen LogP contribution in [0.4, 0.5) is 0 Å². The Labute approximate surface area is 842 Å². The fraction of sp³-hybridized carbons (Fsp3) is 0.629. The number of thioether (sulfide) groups is 4. The number of benzene rings is 2. The molecule has 9 heterocycles. The van der Waals surface area contributed by atoms with Gasteiger partial charge in [0, 0.05) is 179 Å². The normalized spacial score (nSPS) is 28.2. The van der Waals surface area contributed by atoms with Crippen LogP contribution >= 0.6 is 47.0 Å². The van der Waals surface area contributed by atoms with E-state index in [-0.39, 0.29) is 138 Å². The predicted molar refractivity (Wildman–Crippen MR) is 524 cm³/mol. The van der Waals surface area contributed by atoms with Gasteiger partial charge in [-0.25, -0.2) is 0 Å². The van der Waals surface area contributed by atoms with Crippen LogP contribution in [-0.2, 0) is 122 Å². The lowest BCUT2D eigenvalue weighted by Gasteiger charge is -2.30. The molecule has 4 unspecified atom stereocenters. The smallest absolute Gasteiger partial charge is 0.246 e. The topological polar surface area (TPSA) is 662 Å². The third-order valence-electron chi connectivity index (χ3n) is 27.2. The average molecular weight is 2070 g/mol. The molecule has 7 aliphatic rings. The van der Waals surface area contributed by atoms with Gasteiger partial charge in [-0.05, 0) is 140 Å². The number of aromatic amines is 2. The number of amides is 12. The van der Waals surface area contributed by atoms with Crippen molar-refractivity contribution in [2.75, 3.05) is 56.0 Å². The molecule has 2 aromatic carbocycles. The molecule has 4 aromatic rings. The van der Waals surface area contributed by atoms with E-state index < -0.39 is 276 Å². The van der Waals surface area contributed by atoms with E-state index in [1.165, 1.54) is 78.9 Å². The van der Waals surface area contributed by atoms with Gasteiger partial charge in [-0.3, -0.25) is 95.9 Å². The number of H-pyrrole nitrogens is 2. The maximum Gasteiger partial charge on any atom is 0.246 e. The Morgan fingerprint density at radius 1 is 0.441 bits per heavy atom. The molecule has 7 aliphatic heterocycles. The Kier molecular flexibility index (Phi) is 40.0. The Morgan fingerprint density at radius 2 is 0.783 bits per heavy atom. The van der Waals surface area contributed by atoms with Crippen molar-refractivity contribution in [2.24, 2.45) is 23.7 Å². The van der Waals surface area contributed by atoms with Crippen molar-refractivity contribution in [3.63, 3.8) is 0 Å². The van der Waals surface area contributed by atoms with Gasteiger partial charge < -0.3 is 114 Å². The zero-order valence-electron chi connectivity index (χ0n) is 81.2. The van der Waals surface area contributed by atoms with E-state index in [9.17, 15) is 137 Å². The number of carbonyl (C=O) groups excluding carboxylic acids is 20. The number of aliphatic hydroxyl groups is 8. The number of ketones is 8. The van der Waals surface area contributed by atoms with Crippen molar-refractivity contribution in [1.82, 2.24) is 72.9 Å². The van der Waals surface area contributed by atoms with Gasteiger partial charge in [0.15, 0.2) is 23.1 Å². The molecule has 0 saturated carbocycles. The SMILES string of the molecule is CC(O)[C@H]1CC(=O)[C@H](C)NC(=O)[C@H](C[C@@](C)(O)CO)NC(=O)[C@H]2CC(=O)[C@H](C)NC(=O)[C@@H]3C[C@@H](O)CN3C(=O)[C@@H](CSc3[nH]c4ccc(CC(=O)CCCCC(=O)CCNC(=O)C5SCSC5C(=O)NCCC(=O)CCCCC(=O)Cc5ccc6[nH]c7c(c6c5)C[C@@H]5CC(=O)[C@H](C)NC(=O)[C@@H]6C[C@@H](O)CN6C(=O)[C@@H](CS7)NC(=O)[C@@H](C(C)O)CC(=O)[C@H](C)NC(=O)[C@H](C[C@@](C)(O)CO)NC5=O)cc4c3C2)NC1=O. The first-order chi connectivity index (χ1) is 67.6. The molecule has 22 atom stereocenters. The number of aromatic nitrogens is 2. The van der Waals surface area contributed by atoms with Crippen molar-refractivity contribution in [2.45, 2.75) is 313 Å². The zero-order chi connectivity index (χ0) is 104. The Bertz CT molecular complexity index is 5160. The van der Waals surface area contributed by atoms with E-state index in [1.54, 1.807) is 36.4 Å². The minimum Gasteiger partial charge on any atom is -0.393 e. The summed E-state index contributed by atoms with van der Waals surface area (Å²) in [7, 11) is 0. The zero-order valence-corrected chi connectivity index (χ0v) is 84.5. The maximum atomic E-state index is 15.0. The van der Waals surface area contributed by atoms with Gasteiger partial charge in [-0.1, -0.05) is 12.1 Å². The highest BCUT2D eigenvalue weighted by Crippen LogP contribution is 2.40. The summed E-state index contributed by atoms with van der Waals surface area (Å²) in [5.74, 6) is -19.8. The molecular formula is C97H132N14O28S4. The van der Waals surface area contributed by atoms with E-state index in [4.69, 9.17) is 0 Å². The molecule has 42 nitrogen and oxygen atoms in total. The highest BCUT2D eigenvalue weighted by atomic mass is 32.2. The third kappa shape index (κ3) is 30.4. The molecule has 4 bridgehead atoms. The largest absolute Gasteiger partial charge is 0.393 e. The van der Waals surface area contributed by atoms with Crippen LogP contribution in [0.25, 0.3) is 21.8 Å². The standard InChI is InChI=1S/C97H132N14O28S4/c1-46-76(122)31-54-29-66-64-27-52(17-19-68(64)108-92(66)140-41-72(94(136)110-39-60(120)33-74(110)88(132)102-46)106-84(128)62(50(5)114)35-78(124)48(3)100-86(130)70(104-82(54)126)37-96(7,138)43-112)25-58(118)15-11-9-13-56(116)21-23-98-90(134)80-81(143-45-142-80)91(135)99-24-22-57(117)14-10-12-16-59(119)26-53-18-20-69-65(28-53)67-30-55-32-77(123)47(2)103-89(133)75-34-61(121)40-111(75)95(137)73(42-141-93(67)109-69)107-85(129)63(51(6)115)36-79(125)49(4)101-87(131)71(105-83(55)127)38-97(8,139)44-113/h17-20,27-28,46-51,54-55,60-63,70-75,80-81,108-109,112-115,120-121,138-139H,9-16,21-26,29-45H2,1-8H3,(H,98,134)(H,99,135)(H,100,130)(H,101,131)(H,102,132)(H,103,133)(H,104,126)(H,105,127)(H,106,128)(H,107,129)/t46-,47-,48-,49-,50?,51?,54+,55+,60+,61+,62+,63+,70-,71-,72+,73+,74-,75-,80?,81?,96+,97+/m0/s1. The van der Waals surface area contributed by atoms with Crippen LogP contribution in [-0.4, -0.2) is 340 Å². The van der Waals surface area contributed by atoms with Crippen LogP contribution < -0.4 is 53.2 Å². The van der Waals surface area contributed by atoms with Crippen LogP contribution in [0.3, 0.4) is 0 Å². The van der Waals surface area contributed by atoms with Gasteiger partial charge in [0.05, 0.1) is 94.9 Å². The predicted octanol–water partition coefficient (Wildman–Crippen LogP) is -1.45. The second kappa shape index (κ2) is 50.6. The van der Waals surface area contributed by atoms with Crippen LogP contribution in [0.1, 0.15) is 193 Å². The van der Waals surface area contributed by atoms with Gasteiger partial charge in [-0.15, -0.1) is 47.0 Å². The number of aliphatic hydroxyl groups excluding tert-OH is 6. The molecular weight excluding hydrogens is 1940 g/mol. The van der Waals surface area contributed by atoms with Crippen molar-refractivity contribution >= 4 is 186 Å². The Morgan fingerprint density at radius 3 is 1.13 bits per heavy atom. The molecule has 11 rings (SSSR count). The van der Waals surface area contributed by atoms with Crippen LogP contribution in [0.5, 0.6) is 0 Å². The number of Topliss-reactive ketones (excluding diaryl/α,β-unsaturated/α-hetero) is 8. The molecule has 2 aromatic heterocycles. The van der Waals surface area contributed by atoms with E-state index in [1.807, 2.05) is 0 Å². The number of fused-ring (bicyclic) bond motifs is 10. The quantitative estimate of drug-likeness (QED) is 0.0266. The van der Waals surface area contributed by atoms with Crippen molar-refractivity contribution < 1.29 is 137 Å². The molecule has 782 valence electrons. The van der Waals surface area contributed by atoms with Crippen molar-refractivity contribution in [1.29, 1.82) is 0 Å². The van der Waals surface area contributed by atoms with E-state index >= 15 is 0 Å². The number of unbranched alkanes of at least 4 members (excludes halogenated alkanes) is 2. The lowest BCUT2D eigenvalue weighted by atomic mass is 9.89. The average Bonchev–Trinajstić information content (AvgIpc) is 1.64. The summed E-state index contributed by atoms with van der Waals surface area (Å²) in [6.45, 7) is 7.75.